The van der Waals surface area contributed by atoms with Crippen molar-refractivity contribution in [2.45, 2.75) is 27.3 Å². The van der Waals surface area contributed by atoms with Gasteiger partial charge in [0.1, 0.15) is 13.1 Å². The molecular weight excluding hydrogens is 324 g/mol. The monoisotopic (exact) mass is 349 g/mol. The Morgan fingerprint density at radius 2 is 1.73 bits per heavy atom. The number of rotatable bonds is 6. The number of ketones is 2. The predicted octanol–water partition coefficient (Wildman–Crippen LogP) is 2.88. The Morgan fingerprint density at radius 3 is 2.38 bits per heavy atom. The maximum Gasteiger partial charge on any atom is 0.233 e. The van der Waals surface area contributed by atoms with Crippen LogP contribution in [-0.4, -0.2) is 30.1 Å². The molecule has 0 saturated carbocycles. The van der Waals surface area contributed by atoms with Gasteiger partial charge in [-0.3, -0.25) is 9.59 Å². The summed E-state index contributed by atoms with van der Waals surface area (Å²) in [6.45, 7) is 6.37. The van der Waals surface area contributed by atoms with Gasteiger partial charge in [-0.15, -0.1) is 0 Å². The van der Waals surface area contributed by atoms with E-state index in [1.807, 2.05) is 33.0 Å². The summed E-state index contributed by atoms with van der Waals surface area (Å²) in [4.78, 5) is 28.7. The second kappa shape index (κ2) is 7.26. The van der Waals surface area contributed by atoms with E-state index in [9.17, 15) is 9.59 Å². The van der Waals surface area contributed by atoms with Crippen LogP contribution in [0.3, 0.4) is 0 Å². The van der Waals surface area contributed by atoms with Crippen molar-refractivity contribution in [1.29, 1.82) is 0 Å². The molecule has 1 aromatic heterocycles. The SMILES string of the molecule is CC(=O)c1c(C)[nH]c(C(=O)C[NH+](C)Cc2ccc3ccccc3c2)c1C. The summed E-state index contributed by atoms with van der Waals surface area (Å²) < 4.78 is 0. The minimum absolute atomic E-state index is 0.00725. The Labute approximate surface area is 153 Å². The van der Waals surface area contributed by atoms with Gasteiger partial charge in [0, 0.05) is 16.8 Å². The van der Waals surface area contributed by atoms with E-state index in [1.165, 1.54) is 23.3 Å². The van der Waals surface area contributed by atoms with Crippen LogP contribution in [0.5, 0.6) is 0 Å². The molecule has 0 fully saturated rings. The molecule has 1 atom stereocenters. The van der Waals surface area contributed by atoms with Crippen LogP contribution < -0.4 is 4.90 Å². The van der Waals surface area contributed by atoms with Gasteiger partial charge in [-0.25, -0.2) is 0 Å². The van der Waals surface area contributed by atoms with Crippen molar-refractivity contribution in [3.63, 3.8) is 0 Å². The average molecular weight is 349 g/mol. The standard InChI is InChI=1S/C22H24N2O2/c1-14-21(16(3)25)15(2)23-22(14)20(26)13-24(4)12-17-9-10-18-7-5-6-8-19(18)11-17/h5-11,23H,12-13H2,1-4H3/p+1. The van der Waals surface area contributed by atoms with Crippen LogP contribution in [0.1, 0.15) is 44.6 Å². The fourth-order valence-electron chi connectivity index (χ4n) is 3.68. The minimum Gasteiger partial charge on any atom is -0.355 e. The molecule has 2 N–H and O–H groups in total. The van der Waals surface area contributed by atoms with Gasteiger partial charge in [0.2, 0.25) is 5.78 Å². The van der Waals surface area contributed by atoms with Crippen LogP contribution in [-0.2, 0) is 6.54 Å². The second-order valence-electron chi connectivity index (χ2n) is 7.10. The lowest BCUT2D eigenvalue weighted by molar-refractivity contribution is -0.884. The molecule has 3 aromatic rings. The summed E-state index contributed by atoms with van der Waals surface area (Å²) >= 11 is 0. The van der Waals surface area contributed by atoms with Crippen LogP contribution in [0.25, 0.3) is 10.8 Å². The Hall–Kier alpha value is -2.72. The van der Waals surface area contributed by atoms with Gasteiger partial charge in [-0.1, -0.05) is 36.4 Å². The summed E-state index contributed by atoms with van der Waals surface area (Å²) in [7, 11) is 2.02. The molecule has 1 unspecified atom stereocenters. The number of hydrogen-bond donors (Lipinski definition) is 2. The molecule has 0 radical (unpaired) electrons. The van der Waals surface area contributed by atoms with E-state index in [1.54, 1.807) is 0 Å². The lowest BCUT2D eigenvalue weighted by atomic mass is 10.0. The van der Waals surface area contributed by atoms with Crippen molar-refractivity contribution < 1.29 is 14.5 Å². The number of benzene rings is 2. The first-order valence-corrected chi connectivity index (χ1v) is 8.89. The number of aromatic nitrogens is 1. The second-order valence-corrected chi connectivity index (χ2v) is 7.10. The van der Waals surface area contributed by atoms with E-state index in [2.05, 4.69) is 35.3 Å². The van der Waals surface area contributed by atoms with Crippen molar-refractivity contribution in [3.05, 3.63) is 70.5 Å². The molecule has 4 nitrogen and oxygen atoms in total. The molecule has 1 heterocycles. The van der Waals surface area contributed by atoms with E-state index in [-0.39, 0.29) is 11.6 Å². The molecule has 0 bridgehead atoms. The summed E-state index contributed by atoms with van der Waals surface area (Å²) in [5, 5.41) is 2.44. The van der Waals surface area contributed by atoms with Crippen molar-refractivity contribution in [1.82, 2.24) is 4.98 Å². The summed E-state index contributed by atoms with van der Waals surface area (Å²) in [5.41, 5.74) is 3.94. The van der Waals surface area contributed by atoms with E-state index >= 15 is 0 Å². The zero-order valence-corrected chi connectivity index (χ0v) is 15.8. The summed E-state index contributed by atoms with van der Waals surface area (Å²) in [6, 6.07) is 14.7. The van der Waals surface area contributed by atoms with E-state index in [0.717, 1.165) is 22.7 Å². The maximum absolute atomic E-state index is 12.7. The highest BCUT2D eigenvalue weighted by atomic mass is 16.1. The van der Waals surface area contributed by atoms with Gasteiger partial charge < -0.3 is 9.88 Å². The summed E-state index contributed by atoms with van der Waals surface area (Å²) in [5.74, 6) is 0.0311. The fraction of sp³-hybridized carbons (Fsp3) is 0.273. The van der Waals surface area contributed by atoms with E-state index in [0.29, 0.717) is 17.8 Å². The lowest BCUT2D eigenvalue weighted by Crippen LogP contribution is -3.08. The number of aromatic amines is 1. The molecule has 0 aliphatic heterocycles. The quantitative estimate of drug-likeness (QED) is 0.673. The van der Waals surface area contributed by atoms with Crippen molar-refractivity contribution in [3.8, 4) is 0 Å². The van der Waals surface area contributed by atoms with Crippen LogP contribution >= 0.6 is 0 Å². The van der Waals surface area contributed by atoms with Gasteiger partial charge in [-0.05, 0) is 43.2 Å². The van der Waals surface area contributed by atoms with Crippen molar-refractivity contribution >= 4 is 22.3 Å². The normalized spacial score (nSPS) is 12.3. The topological polar surface area (TPSA) is 54.4 Å². The Balaban J connectivity index is 1.73. The molecule has 2 aromatic carbocycles. The van der Waals surface area contributed by atoms with E-state index < -0.39 is 0 Å². The number of quaternary nitrogens is 1. The number of nitrogens with one attached hydrogen (secondary N) is 2. The minimum atomic E-state index is -0.00725. The average Bonchev–Trinajstić information content (AvgIpc) is 2.89. The number of carbonyl (C=O) groups excluding carboxylic acids is 2. The molecule has 0 saturated heterocycles. The third kappa shape index (κ3) is 3.60. The lowest BCUT2D eigenvalue weighted by Gasteiger charge is -2.14. The molecule has 26 heavy (non-hydrogen) atoms. The van der Waals surface area contributed by atoms with Crippen molar-refractivity contribution in [2.24, 2.45) is 0 Å². The van der Waals surface area contributed by atoms with Gasteiger partial charge >= 0.3 is 0 Å². The van der Waals surface area contributed by atoms with Crippen molar-refractivity contribution in [2.75, 3.05) is 13.6 Å². The number of likely N-dealkylation sites (N-methyl/N-ethyl adjacent to an activating group) is 1. The third-order valence-corrected chi connectivity index (χ3v) is 4.85. The maximum atomic E-state index is 12.7. The molecular formula is C22H25N2O2+. The first kappa shape index (κ1) is 18.1. The molecule has 3 rings (SSSR count). The Bertz CT molecular complexity index is 985. The number of fused-ring (bicyclic) bond motifs is 1. The van der Waals surface area contributed by atoms with Gasteiger partial charge in [0.05, 0.1) is 12.7 Å². The Morgan fingerprint density at radius 1 is 1.04 bits per heavy atom. The van der Waals surface area contributed by atoms with Crippen LogP contribution in [0, 0.1) is 13.8 Å². The smallest absolute Gasteiger partial charge is 0.233 e. The molecule has 0 aliphatic rings. The largest absolute Gasteiger partial charge is 0.355 e. The first-order valence-electron chi connectivity index (χ1n) is 8.89. The number of Topliss-reactive ketones (excluding diaryl/α,β-unsaturated/α-hetero) is 2. The molecule has 0 aliphatic carbocycles. The van der Waals surface area contributed by atoms with Crippen LogP contribution in [0.15, 0.2) is 42.5 Å². The fourth-order valence-corrected chi connectivity index (χ4v) is 3.68. The number of aryl methyl sites for hydroxylation is 1. The van der Waals surface area contributed by atoms with Gasteiger partial charge in [0.25, 0.3) is 0 Å². The van der Waals surface area contributed by atoms with Crippen LogP contribution in [0.4, 0.5) is 0 Å². The number of H-pyrrole nitrogens is 1. The highest BCUT2D eigenvalue weighted by Gasteiger charge is 2.22. The van der Waals surface area contributed by atoms with Gasteiger partial charge in [0.15, 0.2) is 5.78 Å². The number of carbonyl (C=O) groups is 2. The highest BCUT2D eigenvalue weighted by molar-refractivity contribution is 6.03. The van der Waals surface area contributed by atoms with E-state index in [4.69, 9.17) is 0 Å². The zero-order chi connectivity index (χ0) is 18.8. The number of hydrogen-bond acceptors (Lipinski definition) is 2. The first-order chi connectivity index (χ1) is 12.4. The highest BCUT2D eigenvalue weighted by Crippen LogP contribution is 2.18. The molecule has 134 valence electrons. The predicted molar refractivity (Wildman–Crippen MR) is 104 cm³/mol. The molecule has 0 amide bonds. The molecule has 4 heteroatoms. The molecule has 0 spiro atoms. The summed E-state index contributed by atoms with van der Waals surface area (Å²) in [6.07, 6.45) is 0. The zero-order valence-electron chi connectivity index (χ0n) is 15.8. The Kier molecular flexibility index (Phi) is 5.05. The van der Waals surface area contributed by atoms with Gasteiger partial charge in [-0.2, -0.15) is 0 Å². The van der Waals surface area contributed by atoms with Crippen LogP contribution in [0.2, 0.25) is 0 Å². The third-order valence-electron chi connectivity index (χ3n) is 4.85.